The summed E-state index contributed by atoms with van der Waals surface area (Å²) in [5, 5.41) is 5.33. The molecule has 6 heteroatoms. The van der Waals surface area contributed by atoms with Crippen LogP contribution < -0.4 is 5.56 Å². The van der Waals surface area contributed by atoms with Gasteiger partial charge in [0.1, 0.15) is 5.65 Å². The second-order valence-electron chi connectivity index (χ2n) is 5.40. The van der Waals surface area contributed by atoms with Gasteiger partial charge in [0.05, 0.1) is 23.2 Å². The number of aromatic amines is 1. The normalized spacial score (nSPS) is 19.4. The van der Waals surface area contributed by atoms with Crippen LogP contribution in [-0.4, -0.2) is 27.8 Å². The lowest BCUT2D eigenvalue weighted by molar-refractivity contribution is 0.0792. The smallest absolute Gasteiger partial charge is 0.259 e. The van der Waals surface area contributed by atoms with Crippen LogP contribution in [0.2, 0.25) is 0 Å². The topological polar surface area (TPSA) is 59.4 Å². The Bertz CT molecular complexity index is 878. The Hall–Kier alpha value is -1.66. The van der Waals surface area contributed by atoms with Crippen molar-refractivity contribution in [3.63, 3.8) is 0 Å². The van der Waals surface area contributed by atoms with Gasteiger partial charge < -0.3 is 9.72 Å². The van der Waals surface area contributed by atoms with Crippen LogP contribution in [0, 0.1) is 0 Å². The van der Waals surface area contributed by atoms with Gasteiger partial charge in [0.2, 0.25) is 0 Å². The number of H-pyrrole nitrogens is 1. The van der Waals surface area contributed by atoms with Crippen LogP contribution in [-0.2, 0) is 4.74 Å². The molecule has 0 spiro atoms. The van der Waals surface area contributed by atoms with E-state index in [1.54, 1.807) is 0 Å². The first-order chi connectivity index (χ1) is 10.2. The predicted octanol–water partition coefficient (Wildman–Crippen LogP) is 2.83. The molecular formula is C15H14BrN3O2. The van der Waals surface area contributed by atoms with Gasteiger partial charge in [-0.2, -0.15) is 5.10 Å². The molecule has 0 aliphatic carbocycles. The summed E-state index contributed by atoms with van der Waals surface area (Å²) in [5.74, 6) is 0.310. The van der Waals surface area contributed by atoms with Gasteiger partial charge in [-0.1, -0.05) is 15.9 Å². The van der Waals surface area contributed by atoms with Gasteiger partial charge >= 0.3 is 0 Å². The van der Waals surface area contributed by atoms with Crippen molar-refractivity contribution in [1.82, 2.24) is 14.6 Å². The van der Waals surface area contributed by atoms with Crippen LogP contribution in [0.4, 0.5) is 0 Å². The zero-order valence-corrected chi connectivity index (χ0v) is 12.9. The number of hydrogen-bond acceptors (Lipinski definition) is 3. The second kappa shape index (κ2) is 4.96. The highest BCUT2D eigenvalue weighted by molar-refractivity contribution is 9.10. The number of nitrogens with zero attached hydrogens (tertiary/aromatic N) is 2. The number of aromatic nitrogens is 3. The summed E-state index contributed by atoms with van der Waals surface area (Å²) >= 11 is 3.45. The number of rotatable bonds is 1. The second-order valence-corrected chi connectivity index (χ2v) is 6.31. The predicted molar refractivity (Wildman–Crippen MR) is 83.8 cm³/mol. The molecule has 0 saturated carbocycles. The molecule has 1 fully saturated rings. The van der Waals surface area contributed by atoms with Crippen molar-refractivity contribution in [3.8, 4) is 0 Å². The standard InChI is InChI=1S/C15H14BrN3O2/c16-10-3-4-11-13(6-10)19-14(17-15(11)20)7-12(18-19)9-2-1-5-21-8-9/h3-4,6-7,9H,1-2,5,8H2,(H,17,20). The summed E-state index contributed by atoms with van der Waals surface area (Å²) in [6, 6.07) is 7.55. The number of nitrogens with one attached hydrogen (secondary N) is 1. The van der Waals surface area contributed by atoms with Crippen molar-refractivity contribution in [2.75, 3.05) is 13.2 Å². The molecule has 5 nitrogen and oxygen atoms in total. The van der Waals surface area contributed by atoms with Crippen molar-refractivity contribution in [3.05, 3.63) is 44.8 Å². The summed E-state index contributed by atoms with van der Waals surface area (Å²) in [5.41, 5.74) is 2.44. The van der Waals surface area contributed by atoms with Gasteiger partial charge in [0.15, 0.2) is 0 Å². The van der Waals surface area contributed by atoms with E-state index in [4.69, 9.17) is 9.84 Å². The molecule has 1 aromatic carbocycles. The molecule has 1 unspecified atom stereocenters. The fourth-order valence-corrected chi connectivity index (χ4v) is 3.25. The van der Waals surface area contributed by atoms with Crippen LogP contribution in [0.5, 0.6) is 0 Å². The molecule has 1 aliphatic rings. The van der Waals surface area contributed by atoms with Gasteiger partial charge in [-0.25, -0.2) is 4.52 Å². The average Bonchev–Trinajstić information content (AvgIpc) is 2.92. The Balaban J connectivity index is 1.96. The monoisotopic (exact) mass is 347 g/mol. The molecule has 0 amide bonds. The van der Waals surface area contributed by atoms with E-state index in [0.29, 0.717) is 17.9 Å². The van der Waals surface area contributed by atoms with Crippen molar-refractivity contribution in [1.29, 1.82) is 0 Å². The van der Waals surface area contributed by atoms with E-state index in [1.165, 1.54) is 0 Å². The lowest BCUT2D eigenvalue weighted by atomic mass is 9.99. The molecule has 4 rings (SSSR count). The van der Waals surface area contributed by atoms with E-state index in [9.17, 15) is 4.79 Å². The van der Waals surface area contributed by atoms with Gasteiger partial charge in [0, 0.05) is 23.1 Å². The van der Waals surface area contributed by atoms with Crippen molar-refractivity contribution < 1.29 is 4.74 Å². The van der Waals surface area contributed by atoms with E-state index in [0.717, 1.165) is 40.8 Å². The van der Waals surface area contributed by atoms with Crippen molar-refractivity contribution in [2.45, 2.75) is 18.8 Å². The molecule has 1 atom stereocenters. The molecule has 1 saturated heterocycles. The molecule has 0 radical (unpaired) electrons. The number of benzene rings is 1. The maximum Gasteiger partial charge on any atom is 0.259 e. The number of halogens is 1. The van der Waals surface area contributed by atoms with E-state index >= 15 is 0 Å². The summed E-state index contributed by atoms with van der Waals surface area (Å²) in [6.07, 6.45) is 2.14. The van der Waals surface area contributed by atoms with Crippen LogP contribution in [0.3, 0.4) is 0 Å². The first-order valence-corrected chi connectivity index (χ1v) is 7.80. The molecule has 21 heavy (non-hydrogen) atoms. The average molecular weight is 348 g/mol. The zero-order chi connectivity index (χ0) is 14.4. The first kappa shape index (κ1) is 13.0. The van der Waals surface area contributed by atoms with Crippen LogP contribution in [0.25, 0.3) is 16.6 Å². The van der Waals surface area contributed by atoms with Crippen LogP contribution >= 0.6 is 15.9 Å². The highest BCUT2D eigenvalue weighted by atomic mass is 79.9. The number of fused-ring (bicyclic) bond motifs is 3. The van der Waals surface area contributed by atoms with Crippen molar-refractivity contribution >= 4 is 32.5 Å². The lowest BCUT2D eigenvalue weighted by Crippen LogP contribution is -2.16. The van der Waals surface area contributed by atoms with E-state index in [2.05, 4.69) is 20.9 Å². The van der Waals surface area contributed by atoms with Crippen LogP contribution in [0.1, 0.15) is 24.5 Å². The highest BCUT2D eigenvalue weighted by Gasteiger charge is 2.20. The minimum Gasteiger partial charge on any atom is -0.381 e. The fourth-order valence-electron chi connectivity index (χ4n) is 2.90. The fraction of sp³-hybridized carbons (Fsp3) is 0.333. The minimum atomic E-state index is -0.0867. The molecule has 3 heterocycles. The summed E-state index contributed by atoms with van der Waals surface area (Å²) < 4.78 is 8.28. The third kappa shape index (κ3) is 2.18. The Labute approximate surface area is 129 Å². The Morgan fingerprint density at radius 2 is 2.29 bits per heavy atom. The molecule has 3 aromatic rings. The van der Waals surface area contributed by atoms with Gasteiger partial charge in [-0.3, -0.25) is 4.79 Å². The summed E-state index contributed by atoms with van der Waals surface area (Å²) in [4.78, 5) is 15.1. The summed E-state index contributed by atoms with van der Waals surface area (Å²) in [7, 11) is 0. The molecule has 1 N–H and O–H groups in total. The zero-order valence-electron chi connectivity index (χ0n) is 11.3. The van der Waals surface area contributed by atoms with Gasteiger partial charge in [-0.15, -0.1) is 0 Å². The number of ether oxygens (including phenoxy) is 1. The molecule has 108 valence electrons. The van der Waals surface area contributed by atoms with Gasteiger partial charge in [-0.05, 0) is 31.0 Å². The third-order valence-corrected chi connectivity index (χ3v) is 4.47. The minimum absolute atomic E-state index is 0.0867. The maximum absolute atomic E-state index is 12.2. The lowest BCUT2D eigenvalue weighted by Gasteiger charge is -2.19. The molecule has 1 aliphatic heterocycles. The molecule has 0 bridgehead atoms. The quantitative estimate of drug-likeness (QED) is 0.736. The third-order valence-electron chi connectivity index (χ3n) is 3.98. The summed E-state index contributed by atoms with van der Waals surface area (Å²) in [6.45, 7) is 1.53. The van der Waals surface area contributed by atoms with E-state index < -0.39 is 0 Å². The highest BCUT2D eigenvalue weighted by Crippen LogP contribution is 2.26. The van der Waals surface area contributed by atoms with E-state index in [-0.39, 0.29) is 5.56 Å². The maximum atomic E-state index is 12.2. The van der Waals surface area contributed by atoms with Crippen molar-refractivity contribution in [2.24, 2.45) is 0 Å². The van der Waals surface area contributed by atoms with E-state index in [1.807, 2.05) is 28.8 Å². The molecule has 2 aromatic heterocycles. The van der Waals surface area contributed by atoms with Gasteiger partial charge in [0.25, 0.3) is 5.56 Å². The molecular weight excluding hydrogens is 334 g/mol. The first-order valence-electron chi connectivity index (χ1n) is 7.01. The Morgan fingerprint density at radius 1 is 1.38 bits per heavy atom. The largest absolute Gasteiger partial charge is 0.381 e. The number of hydrogen-bond donors (Lipinski definition) is 1. The SMILES string of the molecule is O=c1[nH]c2cc(C3CCCOC3)nn2c2cc(Br)ccc12. The van der Waals surface area contributed by atoms with Crippen LogP contribution in [0.15, 0.2) is 33.5 Å². The Kier molecular flexibility index (Phi) is 3.08. The Morgan fingerprint density at radius 3 is 3.10 bits per heavy atom.